The van der Waals surface area contributed by atoms with E-state index in [4.69, 9.17) is 4.74 Å². The Morgan fingerprint density at radius 3 is 2.82 bits per heavy atom. The lowest BCUT2D eigenvalue weighted by Crippen LogP contribution is -2.30. The number of carbonyl (C=O) groups excluding carboxylic acids is 1. The molecule has 0 bridgehead atoms. The fourth-order valence-electron chi connectivity index (χ4n) is 3.44. The molecular weight excluding hydrogens is 439 g/mol. The van der Waals surface area contributed by atoms with Crippen molar-refractivity contribution < 1.29 is 23.8 Å². The van der Waals surface area contributed by atoms with Gasteiger partial charge in [-0.25, -0.2) is 14.4 Å². The Morgan fingerprint density at radius 1 is 1.21 bits per heavy atom. The van der Waals surface area contributed by atoms with Gasteiger partial charge in [-0.15, -0.1) is 0 Å². The number of carboxylic acids is 1. The molecule has 34 heavy (non-hydrogen) atoms. The predicted molar refractivity (Wildman–Crippen MR) is 125 cm³/mol. The highest BCUT2D eigenvalue weighted by atomic mass is 19.1. The molecule has 3 heterocycles. The number of aliphatic carboxylic acids is 1. The molecule has 1 aromatic carbocycles. The second kappa shape index (κ2) is 9.95. The molecule has 1 amide bonds. The zero-order valence-corrected chi connectivity index (χ0v) is 18.2. The van der Waals surface area contributed by atoms with Crippen LogP contribution in [0, 0.1) is 5.82 Å². The lowest BCUT2D eigenvalue weighted by molar-refractivity contribution is -0.137. The maximum absolute atomic E-state index is 14.1. The minimum Gasteiger partial charge on any atom is -0.494 e. The molecule has 4 aromatic rings. The van der Waals surface area contributed by atoms with Gasteiger partial charge in [0.05, 0.1) is 25.3 Å². The molecule has 0 aliphatic carbocycles. The Morgan fingerprint density at radius 2 is 2.06 bits per heavy atom. The summed E-state index contributed by atoms with van der Waals surface area (Å²) in [6.07, 6.45) is 6.50. The van der Waals surface area contributed by atoms with E-state index in [-0.39, 0.29) is 11.4 Å². The Bertz CT molecular complexity index is 1380. The van der Waals surface area contributed by atoms with Crippen molar-refractivity contribution in [2.45, 2.75) is 12.5 Å². The van der Waals surface area contributed by atoms with E-state index in [2.05, 4.69) is 20.3 Å². The molecule has 0 fully saturated rings. The molecule has 1 atom stereocenters. The van der Waals surface area contributed by atoms with E-state index in [1.807, 2.05) is 24.3 Å². The molecule has 0 aliphatic heterocycles. The molecule has 0 spiro atoms. The first-order chi connectivity index (χ1) is 16.4. The van der Waals surface area contributed by atoms with E-state index in [1.165, 1.54) is 19.2 Å². The highest BCUT2D eigenvalue weighted by Crippen LogP contribution is 2.24. The fraction of sp³-hybridized carbons (Fsp3) is 0.120. The number of fused-ring (bicyclic) bond motifs is 1. The van der Waals surface area contributed by atoms with Crippen molar-refractivity contribution in [3.63, 3.8) is 0 Å². The first kappa shape index (κ1) is 22.7. The Hall–Kier alpha value is -4.53. The van der Waals surface area contributed by atoms with E-state index in [0.717, 1.165) is 17.0 Å². The maximum atomic E-state index is 14.1. The van der Waals surface area contributed by atoms with Crippen molar-refractivity contribution in [2.24, 2.45) is 0 Å². The number of rotatable bonds is 8. The zero-order chi connectivity index (χ0) is 24.1. The molecule has 172 valence electrons. The summed E-state index contributed by atoms with van der Waals surface area (Å²) in [5.74, 6) is -2.26. The number of carboxylic acid groups (broad SMARTS) is 1. The molecule has 3 aromatic heterocycles. The normalized spacial score (nSPS) is 12.1. The molecule has 0 saturated heterocycles. The number of H-pyrrole nitrogens is 1. The number of methoxy groups -OCH3 is 1. The zero-order valence-electron chi connectivity index (χ0n) is 18.2. The number of pyridine rings is 2. The minimum atomic E-state index is -1.13. The van der Waals surface area contributed by atoms with Crippen molar-refractivity contribution in [1.82, 2.24) is 20.3 Å². The summed E-state index contributed by atoms with van der Waals surface area (Å²) in [7, 11) is 1.33. The van der Waals surface area contributed by atoms with Crippen molar-refractivity contribution in [3.8, 4) is 5.75 Å². The lowest BCUT2D eigenvalue weighted by Gasteiger charge is -2.17. The van der Waals surface area contributed by atoms with Crippen LogP contribution in [0.3, 0.4) is 0 Å². The van der Waals surface area contributed by atoms with Crippen LogP contribution < -0.4 is 10.1 Å². The smallest absolute Gasteiger partial charge is 0.305 e. The molecule has 0 saturated carbocycles. The van der Waals surface area contributed by atoms with Crippen LogP contribution in [0.2, 0.25) is 0 Å². The van der Waals surface area contributed by atoms with Gasteiger partial charge in [-0.1, -0.05) is 12.1 Å². The van der Waals surface area contributed by atoms with Crippen LogP contribution in [0.5, 0.6) is 5.75 Å². The monoisotopic (exact) mass is 460 g/mol. The average molecular weight is 460 g/mol. The summed E-state index contributed by atoms with van der Waals surface area (Å²) in [5.41, 5.74) is 2.62. The first-order valence-corrected chi connectivity index (χ1v) is 10.4. The second-order valence-electron chi connectivity index (χ2n) is 7.48. The van der Waals surface area contributed by atoms with Gasteiger partial charge in [0.2, 0.25) is 0 Å². The number of hydrogen-bond donors (Lipinski definition) is 3. The van der Waals surface area contributed by atoms with Gasteiger partial charge in [-0.2, -0.15) is 0 Å². The van der Waals surface area contributed by atoms with Crippen molar-refractivity contribution in [1.29, 1.82) is 0 Å². The summed E-state index contributed by atoms with van der Waals surface area (Å²) in [6, 6.07) is 12.3. The minimum absolute atomic E-state index is 0.0293. The average Bonchev–Trinajstić information content (AvgIpc) is 3.31. The predicted octanol–water partition coefficient (Wildman–Crippen LogP) is 4.22. The van der Waals surface area contributed by atoms with Crippen molar-refractivity contribution >= 4 is 35.1 Å². The Labute approximate surface area is 194 Å². The standard InChI is InChI=1S/C25H21FN4O4/c1-34-22-9-6-17(12-19(22)26)20(13-23(31)32)30-25(33)21-11-15(14-28-21)4-7-18-8-5-16-3-2-10-27-24(16)29-18/h2-12,14,20,28H,13H2,1H3,(H,30,33)(H,31,32)/b7-4+. The molecular formula is C25H21FN4O4. The van der Waals surface area contributed by atoms with Gasteiger partial charge in [0.25, 0.3) is 5.91 Å². The summed E-state index contributed by atoms with van der Waals surface area (Å²) in [5, 5.41) is 12.8. The summed E-state index contributed by atoms with van der Waals surface area (Å²) < 4.78 is 19.0. The molecule has 3 N–H and O–H groups in total. The van der Waals surface area contributed by atoms with Crippen LogP contribution in [-0.2, 0) is 4.79 Å². The number of halogens is 1. The molecule has 8 nitrogen and oxygen atoms in total. The van der Waals surface area contributed by atoms with Crippen LogP contribution in [0.4, 0.5) is 4.39 Å². The highest BCUT2D eigenvalue weighted by Gasteiger charge is 2.21. The van der Waals surface area contributed by atoms with Crippen LogP contribution in [0.1, 0.15) is 39.8 Å². The summed E-state index contributed by atoms with van der Waals surface area (Å²) >= 11 is 0. The Kier molecular flexibility index (Phi) is 6.63. The largest absolute Gasteiger partial charge is 0.494 e. The van der Waals surface area contributed by atoms with Crippen LogP contribution in [0.25, 0.3) is 23.2 Å². The van der Waals surface area contributed by atoms with Gasteiger partial charge < -0.3 is 20.1 Å². The SMILES string of the molecule is COc1ccc(C(CC(=O)O)NC(=O)c2cc(/C=C/c3ccc4cccnc4n3)c[nH]2)cc1F. The number of carbonyl (C=O) groups is 2. The highest BCUT2D eigenvalue weighted by molar-refractivity contribution is 5.94. The van der Waals surface area contributed by atoms with Crippen molar-refractivity contribution in [3.05, 3.63) is 89.3 Å². The number of ether oxygens (including phenoxy) is 1. The third-order valence-corrected chi connectivity index (χ3v) is 5.14. The third-order valence-electron chi connectivity index (χ3n) is 5.14. The van der Waals surface area contributed by atoms with E-state index < -0.39 is 30.2 Å². The van der Waals surface area contributed by atoms with E-state index in [9.17, 15) is 19.1 Å². The van der Waals surface area contributed by atoms with Gasteiger partial charge in [0.1, 0.15) is 5.69 Å². The van der Waals surface area contributed by atoms with Crippen LogP contribution in [-0.4, -0.2) is 39.0 Å². The fourth-order valence-corrected chi connectivity index (χ4v) is 3.44. The number of aromatic amines is 1. The van der Waals surface area contributed by atoms with Crippen LogP contribution in [0.15, 0.2) is 60.9 Å². The van der Waals surface area contributed by atoms with E-state index in [0.29, 0.717) is 16.9 Å². The quantitative estimate of drug-likeness (QED) is 0.362. The third kappa shape index (κ3) is 5.26. The first-order valence-electron chi connectivity index (χ1n) is 10.4. The topological polar surface area (TPSA) is 117 Å². The molecule has 0 radical (unpaired) electrons. The van der Waals surface area contributed by atoms with E-state index in [1.54, 1.807) is 30.6 Å². The summed E-state index contributed by atoms with van der Waals surface area (Å²) in [6.45, 7) is 0. The van der Waals surface area contributed by atoms with Crippen LogP contribution >= 0.6 is 0 Å². The number of amides is 1. The maximum Gasteiger partial charge on any atom is 0.305 e. The lowest BCUT2D eigenvalue weighted by atomic mass is 10.0. The number of benzene rings is 1. The molecule has 0 aliphatic rings. The number of aromatic nitrogens is 3. The second-order valence-corrected chi connectivity index (χ2v) is 7.48. The Balaban J connectivity index is 1.48. The van der Waals surface area contributed by atoms with Gasteiger partial charge in [0.15, 0.2) is 17.2 Å². The molecule has 9 heteroatoms. The molecule has 1 unspecified atom stereocenters. The number of hydrogen-bond acceptors (Lipinski definition) is 5. The van der Waals surface area contributed by atoms with Crippen molar-refractivity contribution in [2.75, 3.05) is 7.11 Å². The molecule has 4 rings (SSSR count). The van der Waals surface area contributed by atoms with Gasteiger partial charge in [0, 0.05) is 17.8 Å². The number of nitrogens with one attached hydrogen (secondary N) is 2. The number of nitrogens with zero attached hydrogens (tertiary/aromatic N) is 2. The van der Waals surface area contributed by atoms with Gasteiger partial charge in [-0.3, -0.25) is 9.59 Å². The van der Waals surface area contributed by atoms with E-state index >= 15 is 0 Å². The van der Waals surface area contributed by atoms with Gasteiger partial charge >= 0.3 is 5.97 Å². The summed E-state index contributed by atoms with van der Waals surface area (Å²) in [4.78, 5) is 35.7. The van der Waals surface area contributed by atoms with Gasteiger partial charge in [-0.05, 0) is 59.7 Å².